The van der Waals surface area contributed by atoms with Gasteiger partial charge in [-0.1, -0.05) is 6.92 Å². The fourth-order valence-corrected chi connectivity index (χ4v) is 1.45. The van der Waals surface area contributed by atoms with Crippen LogP contribution in [-0.4, -0.2) is 18.0 Å². The second kappa shape index (κ2) is 5.85. The van der Waals surface area contributed by atoms with Gasteiger partial charge >= 0.3 is 0 Å². The first kappa shape index (κ1) is 14.5. The Labute approximate surface area is 108 Å². The van der Waals surface area contributed by atoms with Crippen molar-refractivity contribution in [2.75, 3.05) is 11.9 Å². The van der Waals surface area contributed by atoms with Gasteiger partial charge in [-0.05, 0) is 51.0 Å². The van der Waals surface area contributed by atoms with Gasteiger partial charge in [-0.2, -0.15) is 0 Å². The van der Waals surface area contributed by atoms with E-state index in [1.807, 2.05) is 20.8 Å². The molecule has 1 amide bonds. The predicted octanol–water partition coefficient (Wildman–Crippen LogP) is 2.85. The summed E-state index contributed by atoms with van der Waals surface area (Å²) in [5, 5.41) is 5.91. The summed E-state index contributed by atoms with van der Waals surface area (Å²) in [6.45, 7) is 7.87. The van der Waals surface area contributed by atoms with Gasteiger partial charge in [-0.15, -0.1) is 0 Å². The van der Waals surface area contributed by atoms with Crippen LogP contribution in [0, 0.1) is 12.7 Å². The van der Waals surface area contributed by atoms with Gasteiger partial charge in [0, 0.05) is 11.2 Å². The van der Waals surface area contributed by atoms with Crippen LogP contribution in [0.2, 0.25) is 0 Å². The van der Waals surface area contributed by atoms with E-state index < -0.39 is 0 Å². The molecule has 0 saturated heterocycles. The van der Waals surface area contributed by atoms with E-state index in [9.17, 15) is 9.18 Å². The predicted molar refractivity (Wildman–Crippen MR) is 72.1 cm³/mol. The van der Waals surface area contributed by atoms with E-state index >= 15 is 0 Å². The van der Waals surface area contributed by atoms with Crippen molar-refractivity contribution >= 4 is 11.6 Å². The van der Waals surface area contributed by atoms with Gasteiger partial charge in [0.2, 0.25) is 5.91 Å². The van der Waals surface area contributed by atoms with Crippen molar-refractivity contribution in [2.45, 2.75) is 39.7 Å². The second-order valence-electron chi connectivity index (χ2n) is 5.10. The number of halogens is 1. The zero-order chi connectivity index (χ0) is 13.8. The van der Waals surface area contributed by atoms with Crippen LogP contribution in [0.4, 0.5) is 10.1 Å². The summed E-state index contributed by atoms with van der Waals surface area (Å²) in [7, 11) is 0. The maximum Gasteiger partial charge on any atom is 0.239 e. The van der Waals surface area contributed by atoms with Crippen LogP contribution < -0.4 is 10.6 Å². The standard InChI is InChI=1S/C14H21FN2O/c1-5-14(3,4)17-13(18)9-16-11-6-7-12(15)10(2)8-11/h6-8,16H,5,9H2,1-4H3,(H,17,18). The molecule has 0 saturated carbocycles. The maximum atomic E-state index is 13.1. The number of amides is 1. The Hall–Kier alpha value is -1.58. The third-order valence-electron chi connectivity index (χ3n) is 2.97. The minimum Gasteiger partial charge on any atom is -0.376 e. The molecular weight excluding hydrogens is 231 g/mol. The number of hydrogen-bond acceptors (Lipinski definition) is 2. The summed E-state index contributed by atoms with van der Waals surface area (Å²) in [5.74, 6) is -0.305. The van der Waals surface area contributed by atoms with Gasteiger partial charge in [0.1, 0.15) is 5.82 Å². The van der Waals surface area contributed by atoms with Crippen LogP contribution in [0.1, 0.15) is 32.8 Å². The van der Waals surface area contributed by atoms with Crippen molar-refractivity contribution in [3.05, 3.63) is 29.6 Å². The van der Waals surface area contributed by atoms with E-state index in [0.29, 0.717) is 5.56 Å². The van der Waals surface area contributed by atoms with Gasteiger partial charge in [0.15, 0.2) is 0 Å². The molecule has 0 heterocycles. The maximum absolute atomic E-state index is 13.1. The third-order valence-corrected chi connectivity index (χ3v) is 2.97. The summed E-state index contributed by atoms with van der Waals surface area (Å²) in [5.41, 5.74) is 1.12. The lowest BCUT2D eigenvalue weighted by Crippen LogP contribution is -2.45. The molecule has 1 rings (SSSR count). The van der Waals surface area contributed by atoms with Gasteiger partial charge in [0.05, 0.1) is 6.54 Å². The quantitative estimate of drug-likeness (QED) is 0.846. The third kappa shape index (κ3) is 4.35. The number of hydrogen-bond donors (Lipinski definition) is 2. The smallest absolute Gasteiger partial charge is 0.239 e. The molecule has 0 unspecified atom stereocenters. The monoisotopic (exact) mass is 252 g/mol. The molecule has 0 aliphatic carbocycles. The Balaban J connectivity index is 2.50. The highest BCUT2D eigenvalue weighted by atomic mass is 19.1. The summed E-state index contributed by atoms with van der Waals surface area (Å²) in [6.07, 6.45) is 0.869. The van der Waals surface area contributed by atoms with Crippen LogP contribution in [-0.2, 0) is 4.79 Å². The number of carbonyl (C=O) groups is 1. The molecule has 4 heteroatoms. The molecule has 100 valence electrons. The highest BCUT2D eigenvalue weighted by molar-refractivity contribution is 5.81. The molecule has 1 aromatic rings. The highest BCUT2D eigenvalue weighted by Crippen LogP contribution is 2.13. The molecule has 0 aliphatic rings. The second-order valence-corrected chi connectivity index (χ2v) is 5.10. The summed E-state index contributed by atoms with van der Waals surface area (Å²) in [6, 6.07) is 4.71. The molecule has 0 atom stereocenters. The van der Waals surface area contributed by atoms with E-state index in [1.165, 1.54) is 6.07 Å². The van der Waals surface area contributed by atoms with E-state index in [0.717, 1.165) is 12.1 Å². The van der Waals surface area contributed by atoms with Gasteiger partial charge in [0.25, 0.3) is 0 Å². The van der Waals surface area contributed by atoms with Crippen molar-refractivity contribution in [3.63, 3.8) is 0 Å². The number of benzene rings is 1. The summed E-state index contributed by atoms with van der Waals surface area (Å²) < 4.78 is 13.1. The Morgan fingerprint density at radius 1 is 1.39 bits per heavy atom. The average molecular weight is 252 g/mol. The molecule has 0 aromatic heterocycles. The minimum absolute atomic E-state index is 0.0659. The average Bonchev–Trinajstić information content (AvgIpc) is 2.30. The molecule has 0 fully saturated rings. The number of nitrogens with one attached hydrogen (secondary N) is 2. The minimum atomic E-state index is -0.239. The van der Waals surface area contributed by atoms with Crippen molar-refractivity contribution in [1.82, 2.24) is 5.32 Å². The van der Waals surface area contributed by atoms with E-state index in [4.69, 9.17) is 0 Å². The molecule has 0 aliphatic heterocycles. The fraction of sp³-hybridized carbons (Fsp3) is 0.500. The van der Waals surface area contributed by atoms with Crippen molar-refractivity contribution in [3.8, 4) is 0 Å². The Morgan fingerprint density at radius 2 is 2.06 bits per heavy atom. The zero-order valence-corrected chi connectivity index (χ0v) is 11.4. The molecule has 0 radical (unpaired) electrons. The number of anilines is 1. The first-order valence-electron chi connectivity index (χ1n) is 6.15. The van der Waals surface area contributed by atoms with Crippen LogP contribution in [0.5, 0.6) is 0 Å². The SMILES string of the molecule is CCC(C)(C)NC(=O)CNc1ccc(F)c(C)c1. The van der Waals surface area contributed by atoms with E-state index in [-0.39, 0.29) is 23.8 Å². The van der Waals surface area contributed by atoms with Crippen LogP contribution in [0.3, 0.4) is 0 Å². The van der Waals surface area contributed by atoms with E-state index in [2.05, 4.69) is 10.6 Å². The first-order chi connectivity index (χ1) is 8.34. The van der Waals surface area contributed by atoms with Gasteiger partial charge < -0.3 is 10.6 Å². The first-order valence-corrected chi connectivity index (χ1v) is 6.15. The normalized spacial score (nSPS) is 11.2. The lowest BCUT2D eigenvalue weighted by Gasteiger charge is -2.24. The molecule has 1 aromatic carbocycles. The van der Waals surface area contributed by atoms with Gasteiger partial charge in [-0.25, -0.2) is 4.39 Å². The molecule has 0 bridgehead atoms. The Kier molecular flexibility index (Phi) is 4.70. The summed E-state index contributed by atoms with van der Waals surface area (Å²) >= 11 is 0. The van der Waals surface area contributed by atoms with Crippen LogP contribution >= 0.6 is 0 Å². The number of carbonyl (C=O) groups excluding carboxylic acids is 1. The van der Waals surface area contributed by atoms with Gasteiger partial charge in [-0.3, -0.25) is 4.79 Å². The molecule has 0 spiro atoms. The lowest BCUT2D eigenvalue weighted by molar-refractivity contribution is -0.121. The Morgan fingerprint density at radius 3 is 2.61 bits per heavy atom. The highest BCUT2D eigenvalue weighted by Gasteiger charge is 2.17. The number of rotatable bonds is 5. The van der Waals surface area contributed by atoms with Crippen molar-refractivity contribution in [2.24, 2.45) is 0 Å². The topological polar surface area (TPSA) is 41.1 Å². The van der Waals surface area contributed by atoms with Crippen molar-refractivity contribution in [1.29, 1.82) is 0 Å². The van der Waals surface area contributed by atoms with E-state index in [1.54, 1.807) is 19.1 Å². The molecule has 18 heavy (non-hydrogen) atoms. The largest absolute Gasteiger partial charge is 0.376 e. The zero-order valence-electron chi connectivity index (χ0n) is 11.4. The van der Waals surface area contributed by atoms with Crippen LogP contribution in [0.25, 0.3) is 0 Å². The molecule has 3 nitrogen and oxygen atoms in total. The molecule has 2 N–H and O–H groups in total. The number of aryl methyl sites for hydroxylation is 1. The van der Waals surface area contributed by atoms with Crippen LogP contribution in [0.15, 0.2) is 18.2 Å². The Bertz CT molecular complexity index is 430. The lowest BCUT2D eigenvalue weighted by atomic mass is 10.0. The summed E-state index contributed by atoms with van der Waals surface area (Å²) in [4.78, 5) is 11.7. The van der Waals surface area contributed by atoms with Crippen molar-refractivity contribution < 1.29 is 9.18 Å². The molecular formula is C14H21FN2O. The fourth-order valence-electron chi connectivity index (χ4n) is 1.45.